The second-order valence-corrected chi connectivity index (χ2v) is 7.83. The van der Waals surface area contributed by atoms with E-state index < -0.39 is 17.8 Å². The number of benzene rings is 2. The quantitative estimate of drug-likeness (QED) is 0.297. The fourth-order valence-corrected chi connectivity index (χ4v) is 4.32. The van der Waals surface area contributed by atoms with Crippen LogP contribution in [-0.4, -0.2) is 41.1 Å². The number of aromatic nitrogens is 3. The minimum atomic E-state index is -0.690. The van der Waals surface area contributed by atoms with E-state index in [0.29, 0.717) is 38.2 Å². The Hall–Kier alpha value is -4.04. The number of rotatable bonds is 4. The number of carbonyl (C=O) groups is 2. The molecule has 33 heavy (non-hydrogen) atoms. The van der Waals surface area contributed by atoms with E-state index in [1.165, 1.54) is 26.4 Å². The van der Waals surface area contributed by atoms with Crippen LogP contribution >= 0.6 is 11.6 Å². The van der Waals surface area contributed by atoms with Gasteiger partial charge in [-0.1, -0.05) is 11.6 Å². The molecule has 9 heteroatoms. The average Bonchev–Trinajstić information content (AvgIpc) is 3.51. The molecule has 0 aliphatic rings. The van der Waals surface area contributed by atoms with Gasteiger partial charge in [-0.05, 0) is 36.4 Å². The summed E-state index contributed by atoms with van der Waals surface area (Å²) in [4.78, 5) is 34.7. The summed E-state index contributed by atoms with van der Waals surface area (Å²) in [6.07, 6.45) is 3.38. The van der Waals surface area contributed by atoms with Crippen LogP contribution in [0.1, 0.15) is 21.0 Å². The molecule has 2 aromatic carbocycles. The van der Waals surface area contributed by atoms with E-state index in [1.54, 1.807) is 30.6 Å². The molecule has 0 unspecified atom stereocenters. The highest BCUT2D eigenvalue weighted by molar-refractivity contribution is 6.31. The Morgan fingerprint density at radius 3 is 1.88 bits per heavy atom. The molecule has 0 aliphatic heterocycles. The lowest BCUT2D eigenvalue weighted by molar-refractivity contribution is 0.0591. The summed E-state index contributed by atoms with van der Waals surface area (Å²) >= 11 is 6.24. The van der Waals surface area contributed by atoms with Crippen LogP contribution in [0.2, 0.25) is 5.02 Å². The first-order chi connectivity index (χ1) is 15.9. The molecule has 3 aromatic heterocycles. The molecule has 7 nitrogen and oxygen atoms in total. The first-order valence-electron chi connectivity index (χ1n) is 9.89. The Labute approximate surface area is 191 Å². The number of H-pyrrole nitrogens is 3. The summed E-state index contributed by atoms with van der Waals surface area (Å²) in [6, 6.07) is 9.61. The van der Waals surface area contributed by atoms with E-state index in [2.05, 4.69) is 15.0 Å². The largest absolute Gasteiger partial charge is 0.464 e. The predicted molar refractivity (Wildman–Crippen MR) is 123 cm³/mol. The lowest BCUT2D eigenvalue weighted by atomic mass is 9.94. The molecular formula is C24H17ClFN3O4. The summed E-state index contributed by atoms with van der Waals surface area (Å²) < 4.78 is 24.1. The maximum Gasteiger partial charge on any atom is 0.355 e. The van der Waals surface area contributed by atoms with Gasteiger partial charge in [-0.15, -0.1) is 0 Å². The predicted octanol–water partition coefficient (Wildman–Crippen LogP) is 5.68. The van der Waals surface area contributed by atoms with E-state index >= 15 is 0 Å². The molecule has 0 radical (unpaired) electrons. The van der Waals surface area contributed by atoms with Gasteiger partial charge in [0.2, 0.25) is 0 Å². The van der Waals surface area contributed by atoms with Crippen molar-refractivity contribution in [1.82, 2.24) is 15.0 Å². The van der Waals surface area contributed by atoms with Crippen molar-refractivity contribution < 1.29 is 23.5 Å². The number of esters is 2. The Bertz CT molecular complexity index is 1450. The van der Waals surface area contributed by atoms with Crippen molar-refractivity contribution in [2.45, 2.75) is 0 Å². The third kappa shape index (κ3) is 3.27. The fraction of sp³-hybridized carbons (Fsp3) is 0.0833. The Balaban J connectivity index is 1.94. The topological polar surface area (TPSA) is 100.0 Å². The van der Waals surface area contributed by atoms with E-state index in [0.717, 1.165) is 10.9 Å². The number of nitrogens with one attached hydrogen (secondary N) is 3. The van der Waals surface area contributed by atoms with Gasteiger partial charge in [0.1, 0.15) is 17.2 Å². The maximum absolute atomic E-state index is 14.1. The standard InChI is InChI=1S/C24H17ClFN3O4/c1-32-23(30)21-19(15-9-27-17-5-3-11(25)7-13(15)17)20(22(29-21)24(31)33-2)16-10-28-18-6-4-12(26)8-14(16)18/h3-10,27-29H,1-2H3. The monoisotopic (exact) mass is 465 g/mol. The third-order valence-corrected chi connectivity index (χ3v) is 5.84. The summed E-state index contributed by atoms with van der Waals surface area (Å²) in [7, 11) is 2.49. The SMILES string of the molecule is COC(=O)c1[nH]c(C(=O)OC)c(-c2c[nH]c3ccc(Cl)cc23)c1-c1c[nH]c2ccc(F)cc12. The molecule has 0 bridgehead atoms. The summed E-state index contributed by atoms with van der Waals surface area (Å²) in [6.45, 7) is 0. The third-order valence-electron chi connectivity index (χ3n) is 5.61. The van der Waals surface area contributed by atoms with Crippen molar-refractivity contribution in [3.05, 3.63) is 71.0 Å². The van der Waals surface area contributed by atoms with Gasteiger partial charge in [-0.3, -0.25) is 0 Å². The normalized spacial score (nSPS) is 11.3. The molecule has 0 saturated heterocycles. The van der Waals surface area contributed by atoms with Gasteiger partial charge >= 0.3 is 11.9 Å². The molecule has 0 atom stereocenters. The molecule has 3 N–H and O–H groups in total. The molecule has 0 amide bonds. The first-order valence-corrected chi connectivity index (χ1v) is 10.3. The molecule has 3 heterocycles. The van der Waals surface area contributed by atoms with E-state index in [4.69, 9.17) is 21.1 Å². The molecule has 0 saturated carbocycles. The van der Waals surface area contributed by atoms with Crippen LogP contribution in [0, 0.1) is 5.82 Å². The zero-order valence-corrected chi connectivity index (χ0v) is 18.3. The smallest absolute Gasteiger partial charge is 0.355 e. The van der Waals surface area contributed by atoms with Crippen LogP contribution in [0.15, 0.2) is 48.8 Å². The maximum atomic E-state index is 14.1. The highest BCUT2D eigenvalue weighted by atomic mass is 35.5. The number of hydrogen-bond donors (Lipinski definition) is 3. The molecule has 0 aliphatic carbocycles. The lowest BCUT2D eigenvalue weighted by Crippen LogP contribution is -2.06. The minimum Gasteiger partial charge on any atom is -0.464 e. The molecule has 0 fully saturated rings. The van der Waals surface area contributed by atoms with Crippen LogP contribution in [0.25, 0.3) is 44.1 Å². The van der Waals surface area contributed by atoms with Crippen molar-refractivity contribution in [2.75, 3.05) is 14.2 Å². The number of methoxy groups -OCH3 is 2. The van der Waals surface area contributed by atoms with E-state index in [-0.39, 0.29) is 11.4 Å². The van der Waals surface area contributed by atoms with Crippen LogP contribution in [0.4, 0.5) is 4.39 Å². The molecule has 5 rings (SSSR count). The second kappa shape index (κ2) is 7.83. The van der Waals surface area contributed by atoms with Gasteiger partial charge in [0, 0.05) is 61.5 Å². The van der Waals surface area contributed by atoms with Crippen LogP contribution < -0.4 is 0 Å². The highest BCUT2D eigenvalue weighted by Gasteiger charge is 2.31. The van der Waals surface area contributed by atoms with Crippen LogP contribution in [0.5, 0.6) is 0 Å². The van der Waals surface area contributed by atoms with Crippen molar-refractivity contribution >= 4 is 45.3 Å². The number of carbonyl (C=O) groups excluding carboxylic acids is 2. The lowest BCUT2D eigenvalue weighted by Gasteiger charge is -2.08. The van der Waals surface area contributed by atoms with Crippen molar-refractivity contribution in [3.8, 4) is 22.3 Å². The minimum absolute atomic E-state index is 0.0365. The molecule has 166 valence electrons. The van der Waals surface area contributed by atoms with Crippen molar-refractivity contribution in [3.63, 3.8) is 0 Å². The van der Waals surface area contributed by atoms with Gasteiger partial charge in [0.05, 0.1) is 14.2 Å². The number of halogens is 2. The summed E-state index contributed by atoms with van der Waals surface area (Å²) in [5, 5.41) is 1.77. The van der Waals surface area contributed by atoms with E-state index in [9.17, 15) is 14.0 Å². The second-order valence-electron chi connectivity index (χ2n) is 7.39. The van der Waals surface area contributed by atoms with Crippen molar-refractivity contribution in [2.24, 2.45) is 0 Å². The van der Waals surface area contributed by atoms with E-state index in [1.807, 2.05) is 6.07 Å². The van der Waals surface area contributed by atoms with Gasteiger partial charge in [0.15, 0.2) is 0 Å². The highest BCUT2D eigenvalue weighted by Crippen LogP contribution is 2.44. The van der Waals surface area contributed by atoms with Gasteiger partial charge in [0.25, 0.3) is 0 Å². The zero-order valence-electron chi connectivity index (χ0n) is 17.5. The summed E-state index contributed by atoms with van der Waals surface area (Å²) in [5.41, 5.74) is 3.44. The summed E-state index contributed by atoms with van der Waals surface area (Å²) in [5.74, 6) is -1.80. The van der Waals surface area contributed by atoms with Gasteiger partial charge in [-0.2, -0.15) is 0 Å². The molecular weight excluding hydrogens is 449 g/mol. The zero-order chi connectivity index (χ0) is 23.3. The van der Waals surface area contributed by atoms with Crippen LogP contribution in [-0.2, 0) is 9.47 Å². The number of fused-ring (bicyclic) bond motifs is 2. The fourth-order valence-electron chi connectivity index (χ4n) is 4.15. The Kier molecular flexibility index (Phi) is 4.94. The molecule has 0 spiro atoms. The first kappa shape index (κ1) is 20.8. The van der Waals surface area contributed by atoms with Crippen molar-refractivity contribution in [1.29, 1.82) is 0 Å². The number of hydrogen-bond acceptors (Lipinski definition) is 4. The number of ether oxygens (including phenoxy) is 2. The van der Waals surface area contributed by atoms with Gasteiger partial charge in [-0.25, -0.2) is 14.0 Å². The van der Waals surface area contributed by atoms with Crippen LogP contribution in [0.3, 0.4) is 0 Å². The Morgan fingerprint density at radius 2 is 1.33 bits per heavy atom. The molecule has 5 aromatic rings. The number of aromatic amines is 3. The Morgan fingerprint density at radius 1 is 0.818 bits per heavy atom. The average molecular weight is 466 g/mol. The van der Waals surface area contributed by atoms with Gasteiger partial charge < -0.3 is 24.4 Å².